The lowest BCUT2D eigenvalue weighted by Gasteiger charge is -2.40. The minimum atomic E-state index is -0.402. The van der Waals surface area contributed by atoms with Gasteiger partial charge in [0, 0.05) is 81.3 Å². The smallest absolute Gasteiger partial charge is 0.328 e. The molecule has 4 amide bonds. The third-order valence-corrected chi connectivity index (χ3v) is 12.6. The van der Waals surface area contributed by atoms with E-state index in [1.807, 2.05) is 89.3 Å². The van der Waals surface area contributed by atoms with Crippen molar-refractivity contribution in [2.75, 3.05) is 67.1 Å². The first-order chi connectivity index (χ1) is 30.8. The Morgan fingerprint density at radius 3 is 2.31 bits per heavy atom. The van der Waals surface area contributed by atoms with Crippen LogP contribution in [0.5, 0.6) is 0 Å². The number of hydrogen-bond donors (Lipinski definition) is 2. The van der Waals surface area contributed by atoms with Crippen molar-refractivity contribution in [3.8, 4) is 22.5 Å². The van der Waals surface area contributed by atoms with E-state index in [-0.39, 0.29) is 29.6 Å². The van der Waals surface area contributed by atoms with Crippen LogP contribution in [0.2, 0.25) is 0 Å². The van der Waals surface area contributed by atoms with E-state index in [9.17, 15) is 14.4 Å². The molecular weight excluding hydrogens is 814 g/mol. The zero-order valence-electron chi connectivity index (χ0n) is 37.0. The summed E-state index contributed by atoms with van der Waals surface area (Å²) < 4.78 is 17.8. The van der Waals surface area contributed by atoms with Gasteiger partial charge in [0.05, 0.1) is 46.6 Å². The molecule has 3 saturated heterocycles. The summed E-state index contributed by atoms with van der Waals surface area (Å²) in [5.74, 6) is -0.302. The number of amides is 4. The molecule has 3 aliphatic heterocycles. The minimum absolute atomic E-state index is 0.0156. The van der Waals surface area contributed by atoms with Crippen LogP contribution in [0.4, 0.5) is 26.2 Å². The summed E-state index contributed by atoms with van der Waals surface area (Å²) in [6.45, 7) is 16.4. The van der Waals surface area contributed by atoms with Crippen molar-refractivity contribution in [1.82, 2.24) is 50.3 Å². The molecule has 64 heavy (non-hydrogen) atoms. The molecule has 0 radical (unpaired) electrons. The highest BCUT2D eigenvalue weighted by atomic mass is 19.1. The van der Waals surface area contributed by atoms with Crippen LogP contribution in [0.1, 0.15) is 74.7 Å². The largest absolute Gasteiger partial charge is 0.372 e. The number of benzene rings is 3. The number of nitrogens with one attached hydrogen (secondary N) is 2. The van der Waals surface area contributed by atoms with Gasteiger partial charge in [-0.05, 0) is 118 Å². The second kappa shape index (κ2) is 17.4. The number of rotatable bonds is 10. The van der Waals surface area contributed by atoms with Gasteiger partial charge < -0.3 is 15.1 Å². The number of hydrogen-bond acceptors (Lipinski definition) is 11. The molecule has 0 saturated carbocycles. The number of aryl methyl sites for hydroxylation is 1. The van der Waals surface area contributed by atoms with Gasteiger partial charge in [-0.3, -0.25) is 24.7 Å². The molecule has 9 rings (SSSR count). The summed E-state index contributed by atoms with van der Waals surface area (Å²) in [5.41, 5.74) is 7.72. The van der Waals surface area contributed by atoms with Crippen LogP contribution in [-0.4, -0.2) is 110 Å². The number of anilines is 3. The molecule has 0 aliphatic carbocycles. The summed E-state index contributed by atoms with van der Waals surface area (Å²) in [4.78, 5) is 52.0. The maximum Gasteiger partial charge on any atom is 0.328 e. The number of carbonyl (C=O) groups is 3. The average molecular weight is 868 g/mol. The highest BCUT2D eigenvalue weighted by Gasteiger charge is 2.28. The van der Waals surface area contributed by atoms with Gasteiger partial charge in [-0.1, -0.05) is 18.2 Å². The predicted octanol–water partition coefficient (Wildman–Crippen LogP) is 6.23. The van der Waals surface area contributed by atoms with Gasteiger partial charge >= 0.3 is 6.03 Å². The maximum atomic E-state index is 16.0. The topological polar surface area (TPSA) is 162 Å². The Labute approximate surface area is 371 Å². The number of tetrazole rings is 1. The Morgan fingerprint density at radius 2 is 1.62 bits per heavy atom. The Bertz CT molecular complexity index is 2690. The number of carbonyl (C=O) groups excluding carboxylic acids is 3. The number of imide groups is 1. The Morgan fingerprint density at radius 1 is 0.891 bits per heavy atom. The predicted molar refractivity (Wildman–Crippen MR) is 243 cm³/mol. The van der Waals surface area contributed by atoms with Crippen LogP contribution in [-0.2, 0) is 10.3 Å². The maximum absolute atomic E-state index is 16.0. The molecule has 17 heteroatoms. The molecular formula is C47H54FN13O3. The summed E-state index contributed by atoms with van der Waals surface area (Å²) in [6.07, 6.45) is 6.06. The fourth-order valence-electron chi connectivity index (χ4n) is 9.00. The Kier molecular flexibility index (Phi) is 11.6. The molecule has 0 spiro atoms. The van der Waals surface area contributed by atoms with Gasteiger partial charge in [-0.15, -0.1) is 10.2 Å². The van der Waals surface area contributed by atoms with Crippen LogP contribution in [0.3, 0.4) is 0 Å². The van der Waals surface area contributed by atoms with Crippen molar-refractivity contribution in [2.45, 2.75) is 65.5 Å². The summed E-state index contributed by atoms with van der Waals surface area (Å²) in [5, 5.41) is 22.1. The fraction of sp³-hybridized carbons (Fsp3) is 0.404. The average Bonchev–Trinajstić information content (AvgIpc) is 3.99. The molecule has 16 nitrogen and oxygen atoms in total. The fourth-order valence-corrected chi connectivity index (χ4v) is 9.00. The normalized spacial score (nSPS) is 17.2. The van der Waals surface area contributed by atoms with E-state index in [0.717, 1.165) is 97.9 Å². The second-order valence-corrected chi connectivity index (χ2v) is 18.1. The highest BCUT2D eigenvalue weighted by molar-refractivity contribution is 6.05. The number of halogens is 1. The first-order valence-corrected chi connectivity index (χ1v) is 22.1. The van der Waals surface area contributed by atoms with Gasteiger partial charge in [-0.2, -0.15) is 9.90 Å². The third-order valence-electron chi connectivity index (χ3n) is 12.6. The molecule has 3 aliphatic rings. The van der Waals surface area contributed by atoms with Gasteiger partial charge in [0.1, 0.15) is 5.82 Å². The summed E-state index contributed by atoms with van der Waals surface area (Å²) in [7, 11) is 0. The highest BCUT2D eigenvalue weighted by Crippen LogP contribution is 2.33. The zero-order valence-corrected chi connectivity index (χ0v) is 37.0. The molecule has 0 unspecified atom stereocenters. The second-order valence-electron chi connectivity index (χ2n) is 18.1. The van der Waals surface area contributed by atoms with E-state index < -0.39 is 11.4 Å². The van der Waals surface area contributed by atoms with Crippen molar-refractivity contribution < 1.29 is 18.8 Å². The van der Waals surface area contributed by atoms with Crippen LogP contribution in [0, 0.1) is 18.7 Å². The van der Waals surface area contributed by atoms with Crippen molar-refractivity contribution in [3.05, 3.63) is 102 Å². The lowest BCUT2D eigenvalue weighted by atomic mass is 9.95. The number of urea groups is 1. The van der Waals surface area contributed by atoms with Crippen molar-refractivity contribution in [1.29, 1.82) is 0 Å². The molecule has 3 fully saturated rings. The quantitative estimate of drug-likeness (QED) is 0.161. The van der Waals surface area contributed by atoms with Crippen LogP contribution < -0.4 is 25.3 Å². The van der Waals surface area contributed by atoms with E-state index in [1.54, 1.807) is 21.7 Å². The number of fused-ring (bicyclic) bond motifs is 1. The molecule has 0 bridgehead atoms. The Balaban J connectivity index is 0.801. The first-order valence-electron chi connectivity index (χ1n) is 22.1. The number of aromatic nitrogens is 7. The molecule has 6 heterocycles. The lowest BCUT2D eigenvalue weighted by molar-refractivity contribution is -0.120. The number of nitrogens with zero attached hydrogens (tertiary/aromatic N) is 11. The zero-order chi connectivity index (χ0) is 44.7. The molecule has 1 atom stereocenters. The van der Waals surface area contributed by atoms with Crippen molar-refractivity contribution in [3.63, 3.8) is 0 Å². The van der Waals surface area contributed by atoms with E-state index in [1.165, 1.54) is 4.80 Å². The molecule has 2 N–H and O–H groups in total. The molecule has 3 aromatic heterocycles. The lowest BCUT2D eigenvalue weighted by Crippen LogP contribution is -2.49. The van der Waals surface area contributed by atoms with E-state index in [0.29, 0.717) is 35.8 Å². The third kappa shape index (κ3) is 8.89. The molecule has 3 aromatic carbocycles. The van der Waals surface area contributed by atoms with Crippen LogP contribution in [0.25, 0.3) is 28.0 Å². The van der Waals surface area contributed by atoms with Gasteiger partial charge in [0.2, 0.25) is 5.91 Å². The van der Waals surface area contributed by atoms with E-state index >= 15 is 4.39 Å². The van der Waals surface area contributed by atoms with Crippen molar-refractivity contribution >= 4 is 40.4 Å². The molecule has 332 valence electrons. The Hall–Kier alpha value is -6.75. The first kappa shape index (κ1) is 42.5. The van der Waals surface area contributed by atoms with Gasteiger partial charge in [-0.25, -0.2) is 18.7 Å². The number of piperazine rings is 1. The summed E-state index contributed by atoms with van der Waals surface area (Å²) in [6, 6.07) is 20.7. The van der Waals surface area contributed by atoms with E-state index in [2.05, 4.69) is 58.0 Å². The monoisotopic (exact) mass is 867 g/mol. The molecule has 6 aromatic rings. The van der Waals surface area contributed by atoms with Gasteiger partial charge in [0.25, 0.3) is 11.7 Å². The number of piperidine rings is 1. The van der Waals surface area contributed by atoms with Crippen LogP contribution in [0.15, 0.2) is 79.1 Å². The van der Waals surface area contributed by atoms with Crippen LogP contribution >= 0.6 is 0 Å². The van der Waals surface area contributed by atoms with Gasteiger partial charge in [0.15, 0.2) is 0 Å². The summed E-state index contributed by atoms with van der Waals surface area (Å²) >= 11 is 0. The standard InChI is InChI=1S/C47H54FN13O3/c1-30-26-34(6-12-37(30)31(2)50-45(63)44-53-55-61(54-44)47(3,4)5)43-41-14-18-49-60(41)29-39(51-43)33-7-13-40(38(48)27-33)58-24-22-56(23-25-58)28-32-15-19-57(20-16-32)35-8-10-36(11-9-35)59-21-17-42(62)52-46(59)64/h6-14,18,26-27,29,31-32H,15-17,19-25,28H2,1-5H3,(H,50,63)(H,52,62,64)/t31-/m1/s1. The van der Waals surface area contributed by atoms with E-state index in [4.69, 9.17) is 4.98 Å². The SMILES string of the molecule is Cc1cc(-c2nc(-c3ccc(N4CCN(CC5CCN(c6ccc(N7CCC(=O)NC7=O)cc6)CC5)CC4)c(F)c3)cn3nccc23)ccc1[C@@H](C)NC(=O)c1nnn(C(C)(C)C)n1. The van der Waals surface area contributed by atoms with Crippen molar-refractivity contribution in [2.24, 2.45) is 5.92 Å². The minimum Gasteiger partial charge on any atom is -0.372 e.